The van der Waals surface area contributed by atoms with Crippen molar-refractivity contribution in [2.45, 2.75) is 38.8 Å². The molecule has 0 radical (unpaired) electrons. The van der Waals surface area contributed by atoms with E-state index in [-0.39, 0.29) is 17.3 Å². The van der Waals surface area contributed by atoms with Crippen molar-refractivity contribution < 1.29 is 13.2 Å². The van der Waals surface area contributed by atoms with Crippen LogP contribution in [0.3, 0.4) is 0 Å². The van der Waals surface area contributed by atoms with Crippen molar-refractivity contribution in [3.63, 3.8) is 0 Å². The number of aromatic nitrogens is 2. The van der Waals surface area contributed by atoms with Gasteiger partial charge in [-0.25, -0.2) is 8.42 Å². The van der Waals surface area contributed by atoms with E-state index in [1.54, 1.807) is 19.1 Å². The number of halogens is 1. The van der Waals surface area contributed by atoms with E-state index in [4.69, 9.17) is 15.4 Å². The second-order valence-corrected chi connectivity index (χ2v) is 7.30. The first-order chi connectivity index (χ1) is 9.81. The van der Waals surface area contributed by atoms with Gasteiger partial charge in [-0.3, -0.25) is 4.68 Å². The molecule has 114 valence electrons. The largest absolute Gasteiger partial charge is 0.486 e. The van der Waals surface area contributed by atoms with Crippen molar-refractivity contribution >= 4 is 19.7 Å². The lowest BCUT2D eigenvalue weighted by Gasteiger charge is -2.11. The number of hydrogen-bond donors (Lipinski definition) is 0. The molecule has 0 amide bonds. The summed E-state index contributed by atoms with van der Waals surface area (Å²) in [6.07, 6.45) is 0. The maximum Gasteiger partial charge on any atom is 0.264 e. The molecule has 5 nitrogen and oxygen atoms in total. The lowest BCUT2D eigenvalue weighted by atomic mass is 10.2. The molecule has 2 aromatic rings. The summed E-state index contributed by atoms with van der Waals surface area (Å²) in [5, 5.41) is 4.32. The van der Waals surface area contributed by atoms with E-state index < -0.39 is 9.05 Å². The molecule has 1 aromatic carbocycles. The van der Waals surface area contributed by atoms with Gasteiger partial charge < -0.3 is 4.74 Å². The first-order valence-electron chi connectivity index (χ1n) is 6.52. The highest BCUT2D eigenvalue weighted by atomic mass is 35.7. The molecule has 0 spiro atoms. The lowest BCUT2D eigenvalue weighted by Crippen LogP contribution is -2.07. The van der Waals surface area contributed by atoms with Gasteiger partial charge in [-0.1, -0.05) is 6.07 Å². The summed E-state index contributed by atoms with van der Waals surface area (Å²) in [7, 11) is 1.61. The summed E-state index contributed by atoms with van der Waals surface area (Å²) in [5.74, 6) is 0.247. The third-order valence-corrected chi connectivity index (χ3v) is 4.37. The van der Waals surface area contributed by atoms with Crippen molar-refractivity contribution in [3.05, 3.63) is 41.2 Å². The number of ether oxygens (including phenoxy) is 1. The van der Waals surface area contributed by atoms with E-state index in [0.717, 1.165) is 23.5 Å². The van der Waals surface area contributed by atoms with Crippen LogP contribution in [-0.4, -0.2) is 18.2 Å². The minimum atomic E-state index is -3.85. The van der Waals surface area contributed by atoms with E-state index in [2.05, 4.69) is 5.10 Å². The Morgan fingerprint density at radius 2 is 2.00 bits per heavy atom. The quantitative estimate of drug-likeness (QED) is 0.791. The molecule has 0 saturated carbocycles. The molecule has 0 atom stereocenters. The number of rotatable bonds is 5. The van der Waals surface area contributed by atoms with Crippen LogP contribution in [0.5, 0.6) is 5.75 Å². The Hall–Kier alpha value is -1.53. The summed E-state index contributed by atoms with van der Waals surface area (Å²) < 4.78 is 30.7. The zero-order valence-corrected chi connectivity index (χ0v) is 13.7. The average molecular weight is 329 g/mol. The highest BCUT2D eigenvalue weighted by Crippen LogP contribution is 2.28. The lowest BCUT2D eigenvalue weighted by molar-refractivity contribution is 0.285. The minimum Gasteiger partial charge on any atom is -0.486 e. The molecule has 0 fully saturated rings. The zero-order chi connectivity index (χ0) is 15.6. The summed E-state index contributed by atoms with van der Waals surface area (Å²) in [6.45, 7) is 6.63. The van der Waals surface area contributed by atoms with Crippen LogP contribution in [-0.2, 0) is 22.2 Å². The van der Waals surface area contributed by atoms with Crippen LogP contribution >= 0.6 is 10.7 Å². The highest BCUT2D eigenvalue weighted by molar-refractivity contribution is 8.13. The molecular weight excluding hydrogens is 312 g/mol. The Balaban J connectivity index is 2.28. The van der Waals surface area contributed by atoms with Crippen LogP contribution < -0.4 is 4.74 Å². The third-order valence-electron chi connectivity index (χ3n) is 3.02. The average Bonchev–Trinajstić information content (AvgIpc) is 2.76. The number of aryl methyl sites for hydroxylation is 3. The van der Waals surface area contributed by atoms with Crippen molar-refractivity contribution in [2.75, 3.05) is 0 Å². The molecule has 1 aromatic heterocycles. The van der Waals surface area contributed by atoms with E-state index in [0.29, 0.717) is 0 Å². The molecule has 0 aliphatic carbocycles. The second kappa shape index (κ2) is 6.07. The maximum atomic E-state index is 11.6. The molecule has 2 rings (SSSR count). The highest BCUT2D eigenvalue weighted by Gasteiger charge is 2.17. The van der Waals surface area contributed by atoms with Crippen LogP contribution in [0.25, 0.3) is 0 Å². The summed E-state index contributed by atoms with van der Waals surface area (Å²) in [5.41, 5.74) is 2.58. The maximum absolute atomic E-state index is 11.6. The topological polar surface area (TPSA) is 61.2 Å². The molecule has 0 N–H and O–H groups in total. The van der Waals surface area contributed by atoms with E-state index in [1.165, 1.54) is 6.07 Å². The van der Waals surface area contributed by atoms with Gasteiger partial charge in [0.15, 0.2) is 0 Å². The van der Waals surface area contributed by atoms with Crippen molar-refractivity contribution in [2.24, 2.45) is 0 Å². The molecule has 0 bridgehead atoms. The van der Waals surface area contributed by atoms with Crippen LogP contribution in [0.15, 0.2) is 29.2 Å². The Morgan fingerprint density at radius 3 is 2.62 bits per heavy atom. The smallest absolute Gasteiger partial charge is 0.264 e. The first kappa shape index (κ1) is 15.9. The van der Waals surface area contributed by atoms with E-state index in [9.17, 15) is 8.42 Å². The van der Waals surface area contributed by atoms with Crippen LogP contribution in [0.4, 0.5) is 0 Å². The Labute approximate surface area is 128 Å². The fourth-order valence-electron chi connectivity index (χ4n) is 2.07. The first-order valence-corrected chi connectivity index (χ1v) is 8.83. The molecule has 0 unspecified atom stereocenters. The van der Waals surface area contributed by atoms with Crippen molar-refractivity contribution in [3.8, 4) is 5.75 Å². The van der Waals surface area contributed by atoms with Crippen LogP contribution in [0.2, 0.25) is 0 Å². The SMILES string of the molecule is CCn1nc(C)cc1COc1ccc(C)cc1S(=O)(=O)Cl. The molecule has 0 aliphatic heterocycles. The van der Waals surface area contributed by atoms with Gasteiger partial charge in [0.1, 0.15) is 17.3 Å². The molecule has 0 saturated heterocycles. The van der Waals surface area contributed by atoms with Crippen molar-refractivity contribution in [1.29, 1.82) is 0 Å². The summed E-state index contributed by atoms with van der Waals surface area (Å²) in [6, 6.07) is 6.81. The predicted octanol–water partition coefficient (Wildman–Crippen LogP) is 3.03. The normalized spacial score (nSPS) is 11.6. The number of nitrogens with zero attached hydrogens (tertiary/aromatic N) is 2. The second-order valence-electron chi connectivity index (χ2n) is 4.77. The molecule has 21 heavy (non-hydrogen) atoms. The Kier molecular flexibility index (Phi) is 4.58. The fraction of sp³-hybridized carbons (Fsp3) is 0.357. The number of hydrogen-bond acceptors (Lipinski definition) is 4. The molecule has 1 heterocycles. The van der Waals surface area contributed by atoms with Gasteiger partial charge in [-0.05, 0) is 44.5 Å². The molecular formula is C14H17ClN2O3S. The van der Waals surface area contributed by atoms with Gasteiger partial charge in [0, 0.05) is 17.2 Å². The van der Waals surface area contributed by atoms with Gasteiger partial charge in [0.05, 0.1) is 11.4 Å². The van der Waals surface area contributed by atoms with E-state index >= 15 is 0 Å². The standard InChI is InChI=1S/C14H17ClN2O3S/c1-4-17-12(8-11(3)16-17)9-20-13-6-5-10(2)7-14(13)21(15,18)19/h5-8H,4,9H2,1-3H3. The summed E-state index contributed by atoms with van der Waals surface area (Å²) >= 11 is 0. The molecule has 0 aliphatic rings. The van der Waals surface area contributed by atoms with Crippen molar-refractivity contribution in [1.82, 2.24) is 9.78 Å². The van der Waals surface area contributed by atoms with Crippen LogP contribution in [0.1, 0.15) is 23.9 Å². The number of benzene rings is 1. The van der Waals surface area contributed by atoms with Gasteiger partial charge in [-0.2, -0.15) is 5.10 Å². The van der Waals surface area contributed by atoms with Gasteiger partial charge in [-0.15, -0.1) is 0 Å². The minimum absolute atomic E-state index is 0.0107. The fourth-order valence-corrected chi connectivity index (χ4v) is 3.12. The third kappa shape index (κ3) is 3.77. The summed E-state index contributed by atoms with van der Waals surface area (Å²) in [4.78, 5) is -0.0107. The Bertz CT molecular complexity index is 754. The zero-order valence-electron chi connectivity index (χ0n) is 12.1. The van der Waals surface area contributed by atoms with Gasteiger partial charge >= 0.3 is 0 Å². The monoisotopic (exact) mass is 328 g/mol. The Morgan fingerprint density at radius 1 is 1.29 bits per heavy atom. The van der Waals surface area contributed by atoms with Gasteiger partial charge in [0.2, 0.25) is 0 Å². The molecule has 7 heteroatoms. The van der Waals surface area contributed by atoms with Gasteiger partial charge in [0.25, 0.3) is 9.05 Å². The van der Waals surface area contributed by atoms with Crippen LogP contribution in [0, 0.1) is 13.8 Å². The predicted molar refractivity (Wildman–Crippen MR) is 81.2 cm³/mol. The van der Waals surface area contributed by atoms with E-state index in [1.807, 2.05) is 24.6 Å².